The van der Waals surface area contributed by atoms with Crippen LogP contribution in [0.1, 0.15) is 27.7 Å². The lowest BCUT2D eigenvalue weighted by Gasteiger charge is -2.27. The van der Waals surface area contributed by atoms with E-state index < -0.39 is 11.7 Å². The molecule has 0 aromatic heterocycles. The van der Waals surface area contributed by atoms with Crippen LogP contribution < -0.4 is 5.32 Å². The average molecular weight is 289 g/mol. The molecule has 0 saturated carbocycles. The fourth-order valence-corrected chi connectivity index (χ4v) is 1.59. The van der Waals surface area contributed by atoms with Gasteiger partial charge >= 0.3 is 6.09 Å². The number of hydrogen-bond donors (Lipinski definition) is 1. The third-order valence-corrected chi connectivity index (χ3v) is 2.38. The highest BCUT2D eigenvalue weighted by Gasteiger charge is 2.19. The van der Waals surface area contributed by atoms with Gasteiger partial charge in [0.1, 0.15) is 11.4 Å². The number of ether oxygens (including phenoxy) is 1. The molecule has 0 bridgehead atoms. The van der Waals surface area contributed by atoms with Crippen molar-refractivity contribution in [2.24, 2.45) is 0 Å². The minimum atomic E-state index is -0.500. The fraction of sp³-hybridized carbons (Fsp3) is 0.615. The molecule has 0 aliphatic carbocycles. The number of carbonyl (C=O) groups is 1. The summed E-state index contributed by atoms with van der Waals surface area (Å²) in [4.78, 5) is 17.1. The summed E-state index contributed by atoms with van der Waals surface area (Å²) >= 11 is 5.70. The maximum atomic E-state index is 11.6. The topological polar surface area (TPSA) is 50.8 Å². The highest BCUT2D eigenvalue weighted by Crippen LogP contribution is 2.12. The van der Waals surface area contributed by atoms with E-state index in [0.29, 0.717) is 18.2 Å². The fourth-order valence-electron chi connectivity index (χ4n) is 1.45. The van der Waals surface area contributed by atoms with Gasteiger partial charge in [-0.15, -0.1) is 11.6 Å². The van der Waals surface area contributed by atoms with Gasteiger partial charge in [-0.1, -0.05) is 0 Å². The number of alkyl halides is 1. The van der Waals surface area contributed by atoms with E-state index in [4.69, 9.17) is 21.2 Å². The molecule has 0 saturated heterocycles. The van der Waals surface area contributed by atoms with Crippen LogP contribution in [0, 0.1) is 0 Å². The van der Waals surface area contributed by atoms with Gasteiger partial charge in [-0.25, -0.2) is 9.86 Å². The molecule has 19 heavy (non-hydrogen) atoms. The maximum absolute atomic E-state index is 11.6. The number of nitrogens with zero attached hydrogens (tertiary/aromatic N) is 1. The zero-order chi connectivity index (χ0) is 14.5. The molecular weight excluding hydrogens is 268 g/mol. The molecule has 5 nitrogen and oxygen atoms in total. The van der Waals surface area contributed by atoms with Crippen molar-refractivity contribution in [2.45, 2.75) is 39.3 Å². The molecule has 0 aromatic carbocycles. The summed E-state index contributed by atoms with van der Waals surface area (Å²) in [6, 6.07) is -0.117. The zero-order valence-electron chi connectivity index (χ0n) is 11.8. The van der Waals surface area contributed by atoms with Crippen LogP contribution in [0.2, 0.25) is 0 Å². The number of hydroxylamine groups is 2. The number of hydrogen-bond acceptors (Lipinski definition) is 4. The molecule has 1 aliphatic heterocycles. The van der Waals surface area contributed by atoms with Crippen molar-refractivity contribution in [3.63, 3.8) is 0 Å². The third-order valence-electron chi connectivity index (χ3n) is 2.12. The van der Waals surface area contributed by atoms with Crippen LogP contribution >= 0.6 is 11.6 Å². The summed E-state index contributed by atoms with van der Waals surface area (Å²) in [5.74, 6) is 0.989. The van der Waals surface area contributed by atoms with E-state index in [9.17, 15) is 4.79 Å². The predicted octanol–water partition coefficient (Wildman–Crippen LogP) is 2.78. The van der Waals surface area contributed by atoms with E-state index in [-0.39, 0.29) is 6.04 Å². The van der Waals surface area contributed by atoms with Gasteiger partial charge in [0.2, 0.25) is 0 Å². The number of halogens is 1. The molecule has 1 heterocycles. The number of rotatable bonds is 4. The smallest absolute Gasteiger partial charge is 0.407 e. The van der Waals surface area contributed by atoms with Crippen LogP contribution in [0.4, 0.5) is 4.79 Å². The summed E-state index contributed by atoms with van der Waals surface area (Å²) in [6.45, 7) is 7.85. The number of nitrogens with one attached hydrogen (secondary N) is 1. The molecule has 1 amide bonds. The van der Waals surface area contributed by atoms with Crippen LogP contribution in [0.5, 0.6) is 0 Å². The minimum Gasteiger partial charge on any atom is -0.444 e. The summed E-state index contributed by atoms with van der Waals surface area (Å²) in [7, 11) is 0. The molecule has 0 spiro atoms. The third kappa shape index (κ3) is 6.38. The summed E-state index contributed by atoms with van der Waals surface area (Å²) < 4.78 is 5.18. The molecule has 1 rings (SSSR count). The minimum absolute atomic E-state index is 0.117. The summed E-state index contributed by atoms with van der Waals surface area (Å²) in [5.41, 5.74) is -0.500. The van der Waals surface area contributed by atoms with E-state index in [1.54, 1.807) is 17.3 Å². The van der Waals surface area contributed by atoms with Gasteiger partial charge in [0.25, 0.3) is 0 Å². The molecule has 0 aromatic rings. The lowest BCUT2D eigenvalue weighted by Crippen LogP contribution is -2.43. The van der Waals surface area contributed by atoms with Crippen LogP contribution in [0.25, 0.3) is 0 Å². The SMILES string of the molecule is C[C@@H](CN1C=CC=C(CCl)O1)NC(=O)OC(C)(C)C. The van der Waals surface area contributed by atoms with Gasteiger partial charge in [0.15, 0.2) is 0 Å². The first-order chi connectivity index (χ1) is 8.80. The van der Waals surface area contributed by atoms with Crippen LogP contribution in [0.3, 0.4) is 0 Å². The lowest BCUT2D eigenvalue weighted by molar-refractivity contribution is -0.0817. The van der Waals surface area contributed by atoms with Gasteiger partial charge in [-0.2, -0.15) is 0 Å². The van der Waals surface area contributed by atoms with E-state index in [0.717, 1.165) is 0 Å². The Bertz CT molecular complexity index is 375. The molecule has 0 unspecified atom stereocenters. The molecule has 108 valence electrons. The quantitative estimate of drug-likeness (QED) is 0.808. The second-order valence-electron chi connectivity index (χ2n) is 5.35. The van der Waals surface area contributed by atoms with E-state index in [1.165, 1.54) is 0 Å². The second kappa shape index (κ2) is 6.70. The molecule has 6 heteroatoms. The van der Waals surface area contributed by atoms with Crippen molar-refractivity contribution in [2.75, 3.05) is 12.4 Å². The number of amides is 1. The summed E-state index contributed by atoms with van der Waals surface area (Å²) in [6.07, 6.45) is 4.99. The highest BCUT2D eigenvalue weighted by atomic mass is 35.5. The molecule has 0 fully saturated rings. The van der Waals surface area contributed by atoms with Crippen LogP contribution in [-0.2, 0) is 9.57 Å². The van der Waals surface area contributed by atoms with Crippen LogP contribution in [-0.4, -0.2) is 35.2 Å². The Morgan fingerprint density at radius 2 is 2.26 bits per heavy atom. The van der Waals surface area contributed by atoms with Crippen molar-refractivity contribution in [1.82, 2.24) is 10.4 Å². The van der Waals surface area contributed by atoms with Crippen LogP contribution in [0.15, 0.2) is 24.1 Å². The Morgan fingerprint density at radius 1 is 1.58 bits per heavy atom. The standard InChI is InChI=1S/C13H21ClN2O3/c1-10(15-12(17)18-13(2,3)4)9-16-7-5-6-11(8-14)19-16/h5-7,10H,8-9H2,1-4H3,(H,15,17)/t10-/m0/s1. The summed E-state index contributed by atoms with van der Waals surface area (Å²) in [5, 5.41) is 4.37. The molecular formula is C13H21ClN2O3. The molecule has 1 N–H and O–H groups in total. The Kier molecular flexibility index (Phi) is 5.54. The van der Waals surface area contributed by atoms with Gasteiger partial charge in [0, 0.05) is 6.20 Å². The lowest BCUT2D eigenvalue weighted by atomic mass is 10.2. The first-order valence-corrected chi connectivity index (χ1v) is 6.71. The van der Waals surface area contributed by atoms with Gasteiger partial charge in [-0.3, -0.25) is 0 Å². The van der Waals surface area contributed by atoms with Gasteiger partial charge in [0.05, 0.1) is 18.5 Å². The highest BCUT2D eigenvalue weighted by molar-refractivity contribution is 6.19. The predicted molar refractivity (Wildman–Crippen MR) is 74.6 cm³/mol. The van der Waals surface area contributed by atoms with E-state index in [2.05, 4.69) is 5.32 Å². The van der Waals surface area contributed by atoms with Crippen molar-refractivity contribution < 1.29 is 14.4 Å². The molecule has 1 atom stereocenters. The number of allylic oxidation sites excluding steroid dienone is 3. The normalized spacial score (nSPS) is 16.5. The Balaban J connectivity index is 2.36. The molecule has 1 aliphatic rings. The first kappa shape index (κ1) is 15.7. The largest absolute Gasteiger partial charge is 0.444 e. The van der Waals surface area contributed by atoms with Crippen molar-refractivity contribution in [3.8, 4) is 0 Å². The average Bonchev–Trinajstić information content (AvgIpc) is 2.26. The van der Waals surface area contributed by atoms with Crippen molar-refractivity contribution >= 4 is 17.7 Å². The first-order valence-electron chi connectivity index (χ1n) is 6.17. The van der Waals surface area contributed by atoms with Crippen molar-refractivity contribution in [1.29, 1.82) is 0 Å². The Labute approximate surface area is 119 Å². The Hall–Kier alpha value is -1.36. The van der Waals surface area contributed by atoms with E-state index >= 15 is 0 Å². The zero-order valence-corrected chi connectivity index (χ0v) is 12.5. The molecule has 0 radical (unpaired) electrons. The van der Waals surface area contributed by atoms with Gasteiger partial charge in [-0.05, 0) is 39.8 Å². The van der Waals surface area contributed by atoms with Gasteiger partial charge < -0.3 is 14.9 Å². The maximum Gasteiger partial charge on any atom is 0.407 e. The number of carbonyl (C=O) groups excluding carboxylic acids is 1. The second-order valence-corrected chi connectivity index (χ2v) is 5.61. The number of alkyl carbamates (subject to hydrolysis) is 1. The van der Waals surface area contributed by atoms with Crippen molar-refractivity contribution in [3.05, 3.63) is 24.1 Å². The monoisotopic (exact) mass is 288 g/mol. The van der Waals surface area contributed by atoms with E-state index in [1.807, 2.05) is 33.8 Å². The Morgan fingerprint density at radius 3 is 2.84 bits per heavy atom.